The van der Waals surface area contributed by atoms with Crippen LogP contribution in [0.2, 0.25) is 0 Å². The number of nitrogens with two attached hydrogens (primary N) is 1. The molecule has 0 spiro atoms. The van der Waals surface area contributed by atoms with E-state index in [1.807, 2.05) is 11.9 Å². The van der Waals surface area contributed by atoms with Crippen LogP contribution in [0.15, 0.2) is 0 Å². The molecule has 0 saturated carbocycles. The highest BCUT2D eigenvalue weighted by atomic mass is 16.2. The molecule has 2 N–H and O–H groups in total. The molecule has 4 nitrogen and oxygen atoms in total. The van der Waals surface area contributed by atoms with Crippen molar-refractivity contribution in [3.05, 3.63) is 0 Å². The number of nitrogens with zero attached hydrogens (tertiary/aromatic N) is 2. The first kappa shape index (κ1) is 11.5. The van der Waals surface area contributed by atoms with Crippen LogP contribution < -0.4 is 5.73 Å². The topological polar surface area (TPSA) is 49.6 Å². The van der Waals surface area contributed by atoms with Crippen LogP contribution in [0, 0.1) is 0 Å². The van der Waals surface area contributed by atoms with Gasteiger partial charge in [0.25, 0.3) is 0 Å². The molecule has 1 saturated heterocycles. The lowest BCUT2D eigenvalue weighted by Crippen LogP contribution is -2.43. The van der Waals surface area contributed by atoms with Crippen molar-refractivity contribution in [1.82, 2.24) is 9.80 Å². The molecule has 0 radical (unpaired) electrons. The number of carbonyl (C=O) groups excluding carboxylic acids is 1. The van der Waals surface area contributed by atoms with Crippen molar-refractivity contribution < 1.29 is 4.79 Å². The molecule has 1 unspecified atom stereocenters. The van der Waals surface area contributed by atoms with E-state index in [9.17, 15) is 4.79 Å². The van der Waals surface area contributed by atoms with Crippen molar-refractivity contribution in [2.24, 2.45) is 5.73 Å². The quantitative estimate of drug-likeness (QED) is 0.672. The maximum atomic E-state index is 11.7. The van der Waals surface area contributed by atoms with E-state index in [1.54, 1.807) is 0 Å². The third kappa shape index (κ3) is 2.45. The monoisotopic (exact) mass is 199 g/mol. The molecule has 0 aromatic carbocycles. The number of likely N-dealkylation sites (N-methyl/N-ethyl adjacent to an activating group) is 1. The Bertz CT molecular complexity index is 190. The number of hydrogen-bond acceptors (Lipinski definition) is 3. The first-order valence-electron chi connectivity index (χ1n) is 5.39. The van der Waals surface area contributed by atoms with Gasteiger partial charge in [0.2, 0.25) is 5.91 Å². The molecule has 82 valence electrons. The summed E-state index contributed by atoms with van der Waals surface area (Å²) in [4.78, 5) is 15.8. The van der Waals surface area contributed by atoms with Gasteiger partial charge in [-0.3, -0.25) is 9.69 Å². The van der Waals surface area contributed by atoms with Crippen LogP contribution in [-0.4, -0.2) is 55.0 Å². The SMILES string of the molecule is CCCN(CCN)C1CCN(C)C1=O. The molecule has 0 bridgehead atoms. The van der Waals surface area contributed by atoms with Crippen molar-refractivity contribution in [2.75, 3.05) is 33.2 Å². The standard InChI is InChI=1S/C10H21N3O/c1-3-6-13(8-5-11)9-4-7-12(2)10(9)14/h9H,3-8,11H2,1-2H3. The first-order valence-corrected chi connectivity index (χ1v) is 5.39. The van der Waals surface area contributed by atoms with Crippen LogP contribution >= 0.6 is 0 Å². The fraction of sp³-hybridized carbons (Fsp3) is 0.900. The fourth-order valence-electron chi connectivity index (χ4n) is 2.02. The number of amides is 1. The van der Waals surface area contributed by atoms with Crippen molar-refractivity contribution in [1.29, 1.82) is 0 Å². The van der Waals surface area contributed by atoms with E-state index < -0.39 is 0 Å². The van der Waals surface area contributed by atoms with Crippen molar-refractivity contribution in [3.63, 3.8) is 0 Å². The van der Waals surface area contributed by atoms with Crippen molar-refractivity contribution >= 4 is 5.91 Å². The van der Waals surface area contributed by atoms with Gasteiger partial charge in [-0.05, 0) is 19.4 Å². The summed E-state index contributed by atoms with van der Waals surface area (Å²) in [6.07, 6.45) is 2.03. The first-order chi connectivity index (χ1) is 6.70. The van der Waals surface area contributed by atoms with E-state index in [1.165, 1.54) is 0 Å². The van der Waals surface area contributed by atoms with Gasteiger partial charge in [0.1, 0.15) is 0 Å². The predicted octanol–water partition coefficient (Wildman–Crippen LogP) is -0.112. The van der Waals surface area contributed by atoms with E-state index in [-0.39, 0.29) is 11.9 Å². The molecule has 1 heterocycles. The molecule has 1 aliphatic rings. The van der Waals surface area contributed by atoms with E-state index in [0.717, 1.165) is 32.5 Å². The average molecular weight is 199 g/mol. The summed E-state index contributed by atoms with van der Waals surface area (Å²) in [5.74, 6) is 0.256. The second kappa shape index (κ2) is 5.32. The Morgan fingerprint density at radius 1 is 1.57 bits per heavy atom. The lowest BCUT2D eigenvalue weighted by Gasteiger charge is -2.26. The molecule has 1 aliphatic heterocycles. The van der Waals surface area contributed by atoms with Crippen LogP contribution in [0.4, 0.5) is 0 Å². The zero-order valence-corrected chi connectivity index (χ0v) is 9.20. The minimum atomic E-state index is 0.0866. The molecule has 1 atom stereocenters. The number of carbonyl (C=O) groups is 1. The summed E-state index contributed by atoms with van der Waals surface area (Å²) in [6, 6.07) is 0.0866. The average Bonchev–Trinajstić information content (AvgIpc) is 2.48. The van der Waals surface area contributed by atoms with Crippen LogP contribution in [0.1, 0.15) is 19.8 Å². The van der Waals surface area contributed by atoms with E-state index in [2.05, 4.69) is 11.8 Å². The third-order valence-electron chi connectivity index (χ3n) is 2.77. The van der Waals surface area contributed by atoms with Crippen LogP contribution in [0.25, 0.3) is 0 Å². The highest BCUT2D eigenvalue weighted by molar-refractivity contribution is 5.83. The summed E-state index contributed by atoms with van der Waals surface area (Å²) in [6.45, 7) is 5.45. The minimum Gasteiger partial charge on any atom is -0.344 e. The Morgan fingerprint density at radius 3 is 2.71 bits per heavy atom. The van der Waals surface area contributed by atoms with Gasteiger partial charge in [0.05, 0.1) is 6.04 Å². The Labute approximate surface area is 86.0 Å². The normalized spacial score (nSPS) is 22.4. The van der Waals surface area contributed by atoms with Crippen LogP contribution in [0.5, 0.6) is 0 Å². The van der Waals surface area contributed by atoms with Gasteiger partial charge in [-0.1, -0.05) is 6.92 Å². The van der Waals surface area contributed by atoms with Gasteiger partial charge in [-0.25, -0.2) is 0 Å². The highest BCUT2D eigenvalue weighted by Crippen LogP contribution is 2.15. The number of likely N-dealkylation sites (tertiary alicyclic amines) is 1. The van der Waals surface area contributed by atoms with Crippen LogP contribution in [0.3, 0.4) is 0 Å². The molecular weight excluding hydrogens is 178 g/mol. The Hall–Kier alpha value is -0.610. The number of hydrogen-bond donors (Lipinski definition) is 1. The van der Waals surface area contributed by atoms with Gasteiger partial charge in [-0.15, -0.1) is 0 Å². The summed E-state index contributed by atoms with van der Waals surface area (Å²) in [7, 11) is 1.87. The molecule has 0 aliphatic carbocycles. The van der Waals surface area contributed by atoms with E-state index in [4.69, 9.17) is 5.73 Å². The highest BCUT2D eigenvalue weighted by Gasteiger charge is 2.32. The molecule has 1 fully saturated rings. The summed E-state index contributed by atoms with van der Waals surface area (Å²) < 4.78 is 0. The predicted molar refractivity (Wildman–Crippen MR) is 57.0 cm³/mol. The van der Waals surface area contributed by atoms with Gasteiger partial charge in [0, 0.05) is 26.7 Å². The van der Waals surface area contributed by atoms with Crippen molar-refractivity contribution in [2.45, 2.75) is 25.8 Å². The van der Waals surface area contributed by atoms with Gasteiger partial charge in [-0.2, -0.15) is 0 Å². The largest absolute Gasteiger partial charge is 0.344 e. The lowest BCUT2D eigenvalue weighted by molar-refractivity contribution is -0.131. The van der Waals surface area contributed by atoms with Gasteiger partial charge < -0.3 is 10.6 Å². The molecule has 0 aromatic heterocycles. The van der Waals surface area contributed by atoms with Gasteiger partial charge >= 0.3 is 0 Å². The Morgan fingerprint density at radius 2 is 2.29 bits per heavy atom. The second-order valence-corrected chi connectivity index (χ2v) is 3.89. The fourth-order valence-corrected chi connectivity index (χ4v) is 2.02. The Kier molecular flexibility index (Phi) is 4.35. The maximum absolute atomic E-state index is 11.7. The summed E-state index contributed by atoms with van der Waals surface area (Å²) in [5.41, 5.74) is 5.54. The van der Waals surface area contributed by atoms with E-state index >= 15 is 0 Å². The molecule has 1 rings (SSSR count). The molecule has 1 amide bonds. The second-order valence-electron chi connectivity index (χ2n) is 3.89. The molecule has 4 heteroatoms. The zero-order valence-electron chi connectivity index (χ0n) is 9.20. The summed E-state index contributed by atoms with van der Waals surface area (Å²) in [5, 5.41) is 0. The van der Waals surface area contributed by atoms with Crippen molar-refractivity contribution in [3.8, 4) is 0 Å². The number of rotatable bonds is 5. The third-order valence-corrected chi connectivity index (χ3v) is 2.77. The molecule has 14 heavy (non-hydrogen) atoms. The smallest absolute Gasteiger partial charge is 0.239 e. The zero-order chi connectivity index (χ0) is 10.6. The molecule has 0 aromatic rings. The Balaban J connectivity index is 2.54. The maximum Gasteiger partial charge on any atom is 0.239 e. The van der Waals surface area contributed by atoms with E-state index in [0.29, 0.717) is 6.54 Å². The van der Waals surface area contributed by atoms with Crippen LogP contribution in [-0.2, 0) is 4.79 Å². The van der Waals surface area contributed by atoms with Gasteiger partial charge in [0.15, 0.2) is 0 Å². The summed E-state index contributed by atoms with van der Waals surface area (Å²) >= 11 is 0. The lowest BCUT2D eigenvalue weighted by atomic mass is 10.2. The minimum absolute atomic E-state index is 0.0866. The molecular formula is C10H21N3O.